The zero-order chi connectivity index (χ0) is 20.6. The first-order valence-corrected chi connectivity index (χ1v) is 11.7. The number of ether oxygens (including phenoxy) is 2. The number of nitrogens with zero attached hydrogens (tertiary/aromatic N) is 1. The topological polar surface area (TPSA) is 21.7 Å². The van der Waals surface area contributed by atoms with Gasteiger partial charge in [0, 0.05) is 36.5 Å². The van der Waals surface area contributed by atoms with Crippen LogP contribution in [0.4, 0.5) is 5.69 Å². The monoisotopic (exact) mass is 419 g/mol. The maximum atomic E-state index is 5.92. The first-order chi connectivity index (χ1) is 14.8. The molecule has 30 heavy (non-hydrogen) atoms. The van der Waals surface area contributed by atoms with E-state index in [0.29, 0.717) is 8.58 Å². The fourth-order valence-electron chi connectivity index (χ4n) is 4.00. The van der Waals surface area contributed by atoms with E-state index in [1.807, 2.05) is 0 Å². The van der Waals surface area contributed by atoms with Crippen molar-refractivity contribution in [1.82, 2.24) is 0 Å². The van der Waals surface area contributed by atoms with E-state index in [1.54, 1.807) is 7.11 Å². The summed E-state index contributed by atoms with van der Waals surface area (Å²) in [6.45, 7) is 2.58. The molecule has 1 fully saturated rings. The van der Waals surface area contributed by atoms with Gasteiger partial charge < -0.3 is 14.4 Å². The quantitative estimate of drug-likeness (QED) is 0.384. The van der Waals surface area contributed by atoms with Gasteiger partial charge in [-0.3, -0.25) is 0 Å². The van der Waals surface area contributed by atoms with Crippen molar-refractivity contribution in [1.29, 1.82) is 0 Å². The Labute approximate surface area is 181 Å². The Balaban J connectivity index is 1.62. The Morgan fingerprint density at radius 1 is 0.800 bits per heavy atom. The summed E-state index contributed by atoms with van der Waals surface area (Å²) in [6, 6.07) is 26.1. The summed E-state index contributed by atoms with van der Waals surface area (Å²) >= 11 is 0. The Morgan fingerprint density at radius 2 is 1.57 bits per heavy atom. The van der Waals surface area contributed by atoms with Gasteiger partial charge in [0.15, 0.2) is 6.79 Å². The number of hydrogen-bond acceptors (Lipinski definition) is 3. The molecule has 0 spiro atoms. The van der Waals surface area contributed by atoms with E-state index in [-0.39, 0.29) is 6.79 Å². The molecule has 1 aliphatic rings. The average Bonchev–Trinajstić information content (AvgIpc) is 2.80. The van der Waals surface area contributed by atoms with E-state index >= 15 is 0 Å². The molecule has 1 aliphatic heterocycles. The Kier molecular flexibility index (Phi) is 7.39. The predicted molar refractivity (Wildman–Crippen MR) is 128 cm³/mol. The standard InChI is InChI=1S/C26H30NO2P/c1-28-20-29-24-15-14-22(18-21-10-4-2-5-11-21)19-26(24)30-25-13-7-6-12-23(25)27-16-8-3-9-17-27/h2,4-7,10-15,19,30H,3,8-9,16-18,20H2,1H3. The zero-order valence-electron chi connectivity index (χ0n) is 17.6. The molecule has 0 radical (unpaired) electrons. The van der Waals surface area contributed by atoms with Gasteiger partial charge in [-0.15, -0.1) is 0 Å². The van der Waals surface area contributed by atoms with Crippen LogP contribution < -0.4 is 20.2 Å². The first-order valence-electron chi connectivity index (χ1n) is 10.7. The summed E-state index contributed by atoms with van der Waals surface area (Å²) in [5.74, 6) is 0.917. The summed E-state index contributed by atoms with van der Waals surface area (Å²) in [6.07, 6.45) is 4.84. The summed E-state index contributed by atoms with van der Waals surface area (Å²) in [5, 5.41) is 2.63. The fraction of sp³-hybridized carbons (Fsp3) is 0.308. The number of anilines is 1. The van der Waals surface area contributed by atoms with E-state index in [1.165, 1.54) is 46.7 Å². The number of piperidine rings is 1. The highest BCUT2D eigenvalue weighted by atomic mass is 31.1. The van der Waals surface area contributed by atoms with Crippen molar-refractivity contribution >= 4 is 24.9 Å². The lowest BCUT2D eigenvalue weighted by Gasteiger charge is -2.30. The minimum atomic E-state index is 0.267. The molecule has 1 saturated heterocycles. The zero-order valence-corrected chi connectivity index (χ0v) is 18.6. The highest BCUT2D eigenvalue weighted by molar-refractivity contribution is 7.56. The van der Waals surface area contributed by atoms with Gasteiger partial charge in [-0.25, -0.2) is 0 Å². The highest BCUT2D eigenvalue weighted by Crippen LogP contribution is 2.27. The minimum Gasteiger partial charge on any atom is -0.467 e. The van der Waals surface area contributed by atoms with Crippen molar-refractivity contribution in [3.05, 3.63) is 83.9 Å². The van der Waals surface area contributed by atoms with Crippen LogP contribution in [0, 0.1) is 0 Å². The van der Waals surface area contributed by atoms with Crippen molar-refractivity contribution in [2.24, 2.45) is 0 Å². The van der Waals surface area contributed by atoms with Crippen LogP contribution in [0.15, 0.2) is 72.8 Å². The maximum absolute atomic E-state index is 5.92. The van der Waals surface area contributed by atoms with E-state index in [9.17, 15) is 0 Å². The number of methoxy groups -OCH3 is 1. The van der Waals surface area contributed by atoms with Crippen molar-refractivity contribution < 1.29 is 9.47 Å². The number of hydrogen-bond donors (Lipinski definition) is 0. The molecule has 0 saturated carbocycles. The summed E-state index contributed by atoms with van der Waals surface area (Å²) < 4.78 is 11.1. The lowest BCUT2D eigenvalue weighted by molar-refractivity contribution is 0.0519. The third-order valence-corrected chi connectivity index (χ3v) is 6.85. The van der Waals surface area contributed by atoms with E-state index in [4.69, 9.17) is 9.47 Å². The van der Waals surface area contributed by atoms with Gasteiger partial charge in [-0.05, 0) is 55.0 Å². The summed E-state index contributed by atoms with van der Waals surface area (Å²) in [5.41, 5.74) is 4.01. The van der Waals surface area contributed by atoms with Crippen LogP contribution in [-0.2, 0) is 11.2 Å². The van der Waals surface area contributed by atoms with E-state index in [2.05, 4.69) is 77.7 Å². The number of para-hydroxylation sites is 1. The molecule has 4 heteroatoms. The molecule has 3 aromatic carbocycles. The third-order valence-electron chi connectivity index (χ3n) is 5.50. The molecule has 0 aliphatic carbocycles. The van der Waals surface area contributed by atoms with Crippen LogP contribution >= 0.6 is 8.58 Å². The van der Waals surface area contributed by atoms with Gasteiger partial charge >= 0.3 is 0 Å². The molecule has 0 bridgehead atoms. The highest BCUT2D eigenvalue weighted by Gasteiger charge is 2.16. The Bertz CT molecular complexity index is 939. The molecule has 3 nitrogen and oxygen atoms in total. The van der Waals surface area contributed by atoms with Crippen molar-refractivity contribution in [2.45, 2.75) is 25.7 Å². The van der Waals surface area contributed by atoms with Crippen molar-refractivity contribution in [2.75, 3.05) is 31.9 Å². The molecule has 0 aromatic heterocycles. The minimum absolute atomic E-state index is 0.267. The molecular formula is C26H30NO2P. The third kappa shape index (κ3) is 5.41. The Hall–Kier alpha value is -2.35. The molecule has 156 valence electrons. The fourth-order valence-corrected chi connectivity index (χ4v) is 5.38. The molecule has 3 aromatic rings. The summed E-state index contributed by atoms with van der Waals surface area (Å²) in [4.78, 5) is 2.55. The molecule has 0 N–H and O–H groups in total. The average molecular weight is 420 g/mol. The van der Waals surface area contributed by atoms with Gasteiger partial charge in [-0.1, -0.05) is 63.2 Å². The van der Waals surface area contributed by atoms with Crippen LogP contribution in [0.2, 0.25) is 0 Å². The van der Waals surface area contributed by atoms with Crippen molar-refractivity contribution in [3.63, 3.8) is 0 Å². The second kappa shape index (κ2) is 10.6. The van der Waals surface area contributed by atoms with Crippen LogP contribution in [0.1, 0.15) is 30.4 Å². The molecule has 0 amide bonds. The van der Waals surface area contributed by atoms with E-state index < -0.39 is 0 Å². The van der Waals surface area contributed by atoms with Gasteiger partial charge in [0.2, 0.25) is 0 Å². The molecular weight excluding hydrogens is 389 g/mol. The second-order valence-electron chi connectivity index (χ2n) is 7.73. The van der Waals surface area contributed by atoms with Crippen LogP contribution in [0.3, 0.4) is 0 Å². The second-order valence-corrected chi connectivity index (χ2v) is 9.06. The largest absolute Gasteiger partial charge is 0.467 e. The smallest absolute Gasteiger partial charge is 0.188 e. The van der Waals surface area contributed by atoms with E-state index in [0.717, 1.165) is 25.3 Å². The van der Waals surface area contributed by atoms with Crippen LogP contribution in [0.25, 0.3) is 0 Å². The molecule has 4 rings (SSSR count). The van der Waals surface area contributed by atoms with Crippen LogP contribution in [0.5, 0.6) is 5.75 Å². The van der Waals surface area contributed by atoms with Crippen molar-refractivity contribution in [3.8, 4) is 5.75 Å². The first kappa shape index (κ1) is 20.9. The lowest BCUT2D eigenvalue weighted by atomic mass is 10.1. The molecule has 1 atom stereocenters. The number of rotatable bonds is 8. The predicted octanol–water partition coefficient (Wildman–Crippen LogP) is 4.88. The maximum Gasteiger partial charge on any atom is 0.188 e. The molecule has 1 heterocycles. The normalized spacial score (nSPS) is 14.4. The Morgan fingerprint density at radius 3 is 2.37 bits per heavy atom. The summed E-state index contributed by atoms with van der Waals surface area (Å²) in [7, 11) is 2.21. The molecule has 1 unspecified atom stereocenters. The SMILES string of the molecule is COCOc1ccc(Cc2ccccc2)cc1Pc1ccccc1N1CCCCC1. The number of benzene rings is 3. The van der Waals surface area contributed by atoms with Gasteiger partial charge in [0.1, 0.15) is 5.75 Å². The van der Waals surface area contributed by atoms with Gasteiger partial charge in [0.05, 0.1) is 0 Å². The van der Waals surface area contributed by atoms with Gasteiger partial charge in [-0.2, -0.15) is 0 Å². The van der Waals surface area contributed by atoms with Gasteiger partial charge in [0.25, 0.3) is 0 Å². The van der Waals surface area contributed by atoms with Crippen LogP contribution in [-0.4, -0.2) is 27.0 Å². The lowest BCUT2D eigenvalue weighted by Crippen LogP contribution is -2.32.